The second-order valence-electron chi connectivity index (χ2n) is 5.64. The molecule has 1 aliphatic heterocycles. The smallest absolute Gasteiger partial charge is 0.318 e. The predicted molar refractivity (Wildman–Crippen MR) is 80.8 cm³/mol. The fourth-order valence-corrected chi connectivity index (χ4v) is 2.80. The lowest BCUT2D eigenvalue weighted by Crippen LogP contribution is -2.63. The lowest BCUT2D eigenvalue weighted by molar-refractivity contribution is -0.137. The summed E-state index contributed by atoms with van der Waals surface area (Å²) in [6.45, 7) is 1.90. The van der Waals surface area contributed by atoms with Gasteiger partial charge in [0.2, 0.25) is 5.91 Å². The van der Waals surface area contributed by atoms with Gasteiger partial charge in [-0.2, -0.15) is 13.2 Å². The molecule has 120 valence electrons. The highest BCUT2D eigenvalue weighted by Crippen LogP contribution is 2.39. The molecule has 2 N–H and O–H groups in total. The monoisotopic (exact) mass is 320 g/mol. The number of alkyl halides is 3. The average Bonchev–Trinajstić information content (AvgIpc) is 2.50. The Morgan fingerprint density at radius 2 is 1.74 bits per heavy atom. The summed E-state index contributed by atoms with van der Waals surface area (Å²) in [7, 11) is 0. The second kappa shape index (κ2) is 5.38. The van der Waals surface area contributed by atoms with Crippen molar-refractivity contribution in [3.05, 3.63) is 65.2 Å². The third-order valence-electron chi connectivity index (χ3n) is 4.00. The van der Waals surface area contributed by atoms with Crippen molar-refractivity contribution in [3.8, 4) is 0 Å². The molecular formula is C17H15F3N2O. The summed E-state index contributed by atoms with van der Waals surface area (Å²) in [4.78, 5) is 13.6. The number of benzene rings is 2. The van der Waals surface area contributed by atoms with Crippen LogP contribution in [0.5, 0.6) is 0 Å². The van der Waals surface area contributed by atoms with E-state index in [1.54, 1.807) is 6.07 Å². The summed E-state index contributed by atoms with van der Waals surface area (Å²) in [6.07, 6.45) is -4.38. The number of carbonyl (C=O) groups excluding carboxylic acids is 1. The Kier molecular flexibility index (Phi) is 3.64. The molecule has 2 aromatic rings. The van der Waals surface area contributed by atoms with E-state index in [-0.39, 0.29) is 5.91 Å². The summed E-state index contributed by atoms with van der Waals surface area (Å²) in [5.74, 6) is -0.236. The minimum Gasteiger partial charge on any atom is -0.318 e. The van der Waals surface area contributed by atoms with E-state index in [9.17, 15) is 18.0 Å². The van der Waals surface area contributed by atoms with Gasteiger partial charge >= 0.3 is 6.18 Å². The quantitative estimate of drug-likeness (QED) is 0.862. The molecule has 23 heavy (non-hydrogen) atoms. The van der Waals surface area contributed by atoms with Crippen LogP contribution in [0.25, 0.3) is 0 Å². The predicted octanol–water partition coefficient (Wildman–Crippen LogP) is 3.43. The van der Waals surface area contributed by atoms with Gasteiger partial charge in [0.05, 0.1) is 11.6 Å². The Morgan fingerprint density at radius 3 is 2.30 bits per heavy atom. The first kappa shape index (κ1) is 15.6. The highest BCUT2D eigenvalue weighted by molar-refractivity contribution is 6.05. The number of rotatable bonds is 2. The summed E-state index contributed by atoms with van der Waals surface area (Å²) in [5.41, 5.74) is 7.43. The third kappa shape index (κ3) is 2.70. The first-order chi connectivity index (χ1) is 10.8. The van der Waals surface area contributed by atoms with Gasteiger partial charge in [0.25, 0.3) is 0 Å². The van der Waals surface area contributed by atoms with E-state index in [1.165, 1.54) is 17.0 Å². The average molecular weight is 320 g/mol. The molecule has 1 fully saturated rings. The molecule has 1 aliphatic rings. The van der Waals surface area contributed by atoms with Gasteiger partial charge in [0, 0.05) is 5.69 Å². The fraction of sp³-hybridized carbons (Fsp3) is 0.235. The van der Waals surface area contributed by atoms with E-state index < -0.39 is 23.8 Å². The lowest BCUT2D eigenvalue weighted by atomic mass is 9.88. The third-order valence-corrected chi connectivity index (χ3v) is 4.00. The van der Waals surface area contributed by atoms with Gasteiger partial charge in [-0.3, -0.25) is 4.79 Å². The maximum absolute atomic E-state index is 12.7. The molecule has 3 nitrogen and oxygen atoms in total. The molecule has 0 spiro atoms. The van der Waals surface area contributed by atoms with Crippen molar-refractivity contribution in [2.75, 3.05) is 4.90 Å². The molecular weight excluding hydrogens is 305 g/mol. The summed E-state index contributed by atoms with van der Waals surface area (Å²) in [5, 5.41) is 0. The van der Waals surface area contributed by atoms with E-state index in [2.05, 4.69) is 0 Å². The van der Waals surface area contributed by atoms with E-state index in [0.29, 0.717) is 11.3 Å². The minimum atomic E-state index is -4.38. The normalized spacial score (nSPS) is 21.3. The van der Waals surface area contributed by atoms with E-state index in [4.69, 9.17) is 5.73 Å². The van der Waals surface area contributed by atoms with E-state index >= 15 is 0 Å². The molecule has 0 radical (unpaired) electrons. The first-order valence-electron chi connectivity index (χ1n) is 7.11. The van der Waals surface area contributed by atoms with E-state index in [0.717, 1.165) is 17.7 Å². The summed E-state index contributed by atoms with van der Waals surface area (Å²) >= 11 is 0. The van der Waals surface area contributed by atoms with Gasteiger partial charge in [0.1, 0.15) is 6.04 Å². The Hall–Kier alpha value is -2.34. The molecule has 0 bridgehead atoms. The zero-order valence-electron chi connectivity index (χ0n) is 12.3. The van der Waals surface area contributed by atoms with Crippen LogP contribution in [-0.2, 0) is 11.0 Å². The van der Waals surface area contributed by atoms with Gasteiger partial charge in [0.15, 0.2) is 0 Å². The molecule has 2 atom stereocenters. The molecule has 0 unspecified atom stereocenters. The minimum absolute atomic E-state index is 0.236. The van der Waals surface area contributed by atoms with Crippen LogP contribution in [0.15, 0.2) is 48.5 Å². The van der Waals surface area contributed by atoms with Crippen LogP contribution in [0.3, 0.4) is 0 Å². The molecule has 0 aliphatic carbocycles. The number of hydrogen-bond donors (Lipinski definition) is 1. The van der Waals surface area contributed by atoms with Gasteiger partial charge in [-0.15, -0.1) is 0 Å². The first-order valence-corrected chi connectivity index (χ1v) is 7.11. The molecule has 3 rings (SSSR count). The number of nitrogens with two attached hydrogens (primary N) is 1. The molecule has 1 saturated heterocycles. The number of amides is 1. The van der Waals surface area contributed by atoms with Crippen molar-refractivity contribution in [2.45, 2.75) is 25.2 Å². The van der Waals surface area contributed by atoms with Crippen LogP contribution in [0.2, 0.25) is 0 Å². The Bertz CT molecular complexity index is 740. The SMILES string of the molecule is Cc1cccc(N2C(=O)[C@H](N)[C@@H]2c2ccc(C(F)(F)F)cc2)c1. The van der Waals surface area contributed by atoms with Crippen molar-refractivity contribution in [1.29, 1.82) is 0 Å². The largest absolute Gasteiger partial charge is 0.416 e. The zero-order valence-corrected chi connectivity index (χ0v) is 12.3. The topological polar surface area (TPSA) is 46.3 Å². The second-order valence-corrected chi connectivity index (χ2v) is 5.64. The number of aryl methyl sites for hydroxylation is 1. The van der Waals surface area contributed by atoms with E-state index in [1.807, 2.05) is 25.1 Å². The van der Waals surface area contributed by atoms with Gasteiger partial charge < -0.3 is 10.6 Å². The lowest BCUT2D eigenvalue weighted by Gasteiger charge is -2.45. The number of carbonyl (C=O) groups is 1. The van der Waals surface area contributed by atoms with Crippen molar-refractivity contribution in [1.82, 2.24) is 0 Å². The van der Waals surface area contributed by atoms with Crippen LogP contribution in [-0.4, -0.2) is 11.9 Å². The van der Waals surface area contributed by atoms with Crippen LogP contribution in [0.4, 0.5) is 18.9 Å². The van der Waals surface area contributed by atoms with Crippen molar-refractivity contribution in [3.63, 3.8) is 0 Å². The number of nitrogens with zero attached hydrogens (tertiary/aromatic N) is 1. The number of halogens is 3. The van der Waals surface area contributed by atoms with Crippen LogP contribution < -0.4 is 10.6 Å². The van der Waals surface area contributed by atoms with Crippen LogP contribution in [0, 0.1) is 6.92 Å². The van der Waals surface area contributed by atoms with Gasteiger partial charge in [-0.1, -0.05) is 24.3 Å². The Balaban J connectivity index is 1.93. The molecule has 0 saturated carbocycles. The van der Waals surface area contributed by atoms with Crippen molar-refractivity contribution in [2.24, 2.45) is 5.73 Å². The number of β-lactam (4-membered cyclic amide) rings is 1. The highest BCUT2D eigenvalue weighted by Gasteiger charge is 2.46. The molecule has 2 aromatic carbocycles. The van der Waals surface area contributed by atoms with Gasteiger partial charge in [-0.25, -0.2) is 0 Å². The highest BCUT2D eigenvalue weighted by atomic mass is 19.4. The molecule has 0 aromatic heterocycles. The standard InChI is InChI=1S/C17H15F3N2O/c1-10-3-2-4-13(9-10)22-15(14(21)16(22)23)11-5-7-12(8-6-11)17(18,19)20/h2-9,14-15H,21H2,1H3/t14-,15+/m1/s1. The number of anilines is 1. The van der Waals surface area contributed by atoms with Gasteiger partial charge in [-0.05, 0) is 42.3 Å². The van der Waals surface area contributed by atoms with Crippen molar-refractivity contribution < 1.29 is 18.0 Å². The maximum Gasteiger partial charge on any atom is 0.416 e. The Labute approximate surface area is 131 Å². The molecule has 6 heteroatoms. The maximum atomic E-state index is 12.7. The zero-order chi connectivity index (χ0) is 16.8. The summed E-state index contributed by atoms with van der Waals surface area (Å²) in [6, 6.07) is 10.9. The fourth-order valence-electron chi connectivity index (χ4n) is 2.80. The molecule has 1 heterocycles. The number of hydrogen-bond acceptors (Lipinski definition) is 2. The van der Waals surface area contributed by atoms with Crippen LogP contribution >= 0.6 is 0 Å². The van der Waals surface area contributed by atoms with Crippen LogP contribution in [0.1, 0.15) is 22.7 Å². The summed E-state index contributed by atoms with van der Waals surface area (Å²) < 4.78 is 38.0. The van der Waals surface area contributed by atoms with Crippen molar-refractivity contribution >= 4 is 11.6 Å². The Morgan fingerprint density at radius 1 is 1.09 bits per heavy atom. The molecule has 1 amide bonds.